The lowest BCUT2D eigenvalue weighted by molar-refractivity contribution is -0.131. The Balaban J connectivity index is 1.65. The highest BCUT2D eigenvalue weighted by atomic mass is 31.2. The molecule has 0 aliphatic rings. The van der Waals surface area contributed by atoms with Crippen LogP contribution in [-0.2, 0) is 31.8 Å². The van der Waals surface area contributed by atoms with E-state index in [-0.39, 0.29) is 25.0 Å². The van der Waals surface area contributed by atoms with Gasteiger partial charge < -0.3 is 31.0 Å². The van der Waals surface area contributed by atoms with E-state index in [1.54, 1.807) is 37.3 Å². The number of nitrogens with one attached hydrogen (secondary N) is 3. The average Bonchev–Trinajstić information content (AvgIpc) is 3.49. The molecule has 0 aliphatic carbocycles. The Bertz CT molecular complexity index is 1350. The zero-order valence-corrected chi connectivity index (χ0v) is 23.6. The van der Waals surface area contributed by atoms with Crippen molar-refractivity contribution >= 4 is 31.0 Å². The van der Waals surface area contributed by atoms with E-state index in [0.29, 0.717) is 12.0 Å². The van der Waals surface area contributed by atoms with Gasteiger partial charge in [0.15, 0.2) is 5.76 Å². The molecule has 11 nitrogen and oxygen atoms in total. The van der Waals surface area contributed by atoms with Crippen LogP contribution in [0.4, 0.5) is 0 Å². The molecule has 41 heavy (non-hydrogen) atoms. The summed E-state index contributed by atoms with van der Waals surface area (Å²) >= 11 is 0. The number of benzene rings is 2. The minimum atomic E-state index is -4.36. The first-order valence-electron chi connectivity index (χ1n) is 13.2. The molecule has 3 aromatic rings. The molecule has 1 heterocycles. The van der Waals surface area contributed by atoms with Gasteiger partial charge in [-0.15, -0.1) is 0 Å². The van der Waals surface area contributed by atoms with Crippen LogP contribution in [0.5, 0.6) is 0 Å². The van der Waals surface area contributed by atoms with Crippen LogP contribution in [0.2, 0.25) is 0 Å². The van der Waals surface area contributed by atoms with Crippen LogP contribution in [0.3, 0.4) is 0 Å². The molecule has 0 spiro atoms. The van der Waals surface area contributed by atoms with E-state index in [1.165, 1.54) is 18.4 Å². The van der Waals surface area contributed by atoms with Crippen LogP contribution in [0.25, 0.3) is 0 Å². The molecule has 0 bridgehead atoms. The third-order valence-corrected chi connectivity index (χ3v) is 8.48. The van der Waals surface area contributed by atoms with Crippen LogP contribution >= 0.6 is 7.37 Å². The molecule has 2 aromatic carbocycles. The second kappa shape index (κ2) is 15.0. The minimum absolute atomic E-state index is 0.0201. The Kier molecular flexibility index (Phi) is 11.4. The van der Waals surface area contributed by atoms with Crippen LogP contribution < -0.4 is 21.7 Å². The zero-order valence-electron chi connectivity index (χ0n) is 22.7. The molecule has 6 N–H and O–H groups in total. The summed E-state index contributed by atoms with van der Waals surface area (Å²) in [7, 11) is -4.36. The lowest BCUT2D eigenvalue weighted by Crippen LogP contribution is -2.53. The highest BCUT2D eigenvalue weighted by Gasteiger charge is 2.36. The number of furan rings is 1. The number of primary amides is 1. The van der Waals surface area contributed by atoms with E-state index in [4.69, 9.17) is 10.2 Å². The van der Waals surface area contributed by atoms with Crippen LogP contribution in [-0.4, -0.2) is 52.6 Å². The Hall–Kier alpha value is -4.21. The van der Waals surface area contributed by atoms with Crippen molar-refractivity contribution in [2.24, 2.45) is 5.73 Å². The molecular weight excluding hydrogens is 547 g/mol. The van der Waals surface area contributed by atoms with E-state index in [9.17, 15) is 28.6 Å². The van der Waals surface area contributed by atoms with Gasteiger partial charge in [-0.05, 0) is 42.5 Å². The Morgan fingerprint density at radius 1 is 0.878 bits per heavy atom. The number of nitrogens with two attached hydrogens (primary N) is 1. The molecule has 0 saturated carbocycles. The number of hydrogen-bond acceptors (Lipinski definition) is 6. The SMILES string of the molecule is CC[C@H](NC(=O)CP(=O)(O)[C@@H](Cc1ccccc1)NC(=O)c1ccco1)C(=O)NC(CCc1ccccc1)C(N)=O. The van der Waals surface area contributed by atoms with Gasteiger partial charge in [0.2, 0.25) is 25.1 Å². The van der Waals surface area contributed by atoms with Gasteiger partial charge in [-0.25, -0.2) is 0 Å². The lowest BCUT2D eigenvalue weighted by atomic mass is 10.0. The maximum Gasteiger partial charge on any atom is 0.287 e. The van der Waals surface area contributed by atoms with Crippen molar-refractivity contribution in [2.75, 3.05) is 6.16 Å². The quantitative estimate of drug-likeness (QED) is 0.171. The molecule has 0 radical (unpaired) electrons. The molecule has 4 atom stereocenters. The van der Waals surface area contributed by atoms with Gasteiger partial charge in [-0.2, -0.15) is 0 Å². The van der Waals surface area contributed by atoms with E-state index >= 15 is 0 Å². The van der Waals surface area contributed by atoms with Crippen molar-refractivity contribution in [1.29, 1.82) is 0 Å². The predicted octanol–water partition coefficient (Wildman–Crippen LogP) is 2.35. The fourth-order valence-corrected chi connectivity index (χ4v) is 5.72. The molecule has 218 valence electrons. The van der Waals surface area contributed by atoms with Gasteiger partial charge in [-0.1, -0.05) is 67.6 Å². The summed E-state index contributed by atoms with van der Waals surface area (Å²) in [4.78, 5) is 61.4. The number of carbonyl (C=O) groups is 4. The predicted molar refractivity (Wildman–Crippen MR) is 153 cm³/mol. The summed E-state index contributed by atoms with van der Waals surface area (Å²) in [6, 6.07) is 19.0. The first kappa shape index (κ1) is 31.3. The van der Waals surface area contributed by atoms with E-state index in [0.717, 1.165) is 5.56 Å². The topological polar surface area (TPSA) is 181 Å². The summed E-state index contributed by atoms with van der Waals surface area (Å²) in [5.74, 6) is -4.28. The Morgan fingerprint density at radius 3 is 2.07 bits per heavy atom. The van der Waals surface area contributed by atoms with E-state index in [2.05, 4.69) is 16.0 Å². The van der Waals surface area contributed by atoms with Crippen molar-refractivity contribution < 1.29 is 33.1 Å². The second-order valence-electron chi connectivity index (χ2n) is 9.59. The molecule has 4 amide bonds. The van der Waals surface area contributed by atoms with Gasteiger partial charge in [0.25, 0.3) is 5.91 Å². The largest absolute Gasteiger partial charge is 0.459 e. The molecule has 3 rings (SSSR count). The molecule has 0 aliphatic heterocycles. The van der Waals surface area contributed by atoms with Gasteiger partial charge >= 0.3 is 0 Å². The Morgan fingerprint density at radius 2 is 1.51 bits per heavy atom. The summed E-state index contributed by atoms with van der Waals surface area (Å²) < 4.78 is 18.5. The molecule has 0 fully saturated rings. The number of hydrogen-bond donors (Lipinski definition) is 5. The average molecular weight is 583 g/mol. The maximum atomic E-state index is 13.4. The van der Waals surface area contributed by atoms with Crippen LogP contribution in [0.1, 0.15) is 41.4 Å². The summed E-state index contributed by atoms with van der Waals surface area (Å²) in [5.41, 5.74) is 7.14. The van der Waals surface area contributed by atoms with Gasteiger partial charge in [0, 0.05) is 6.42 Å². The first-order valence-corrected chi connectivity index (χ1v) is 15.1. The highest BCUT2D eigenvalue weighted by molar-refractivity contribution is 7.59. The minimum Gasteiger partial charge on any atom is -0.459 e. The summed E-state index contributed by atoms with van der Waals surface area (Å²) in [6.45, 7) is 1.65. The van der Waals surface area contributed by atoms with Gasteiger partial charge in [0.05, 0.1) is 6.26 Å². The van der Waals surface area contributed by atoms with Gasteiger partial charge in [0.1, 0.15) is 24.0 Å². The van der Waals surface area contributed by atoms with Crippen molar-refractivity contribution in [2.45, 2.75) is 50.5 Å². The number of aryl methyl sites for hydroxylation is 1. The van der Waals surface area contributed by atoms with Crippen molar-refractivity contribution in [1.82, 2.24) is 16.0 Å². The second-order valence-corrected chi connectivity index (χ2v) is 12.0. The lowest BCUT2D eigenvalue weighted by Gasteiger charge is -2.25. The fourth-order valence-electron chi connectivity index (χ4n) is 4.18. The molecule has 12 heteroatoms. The molecule has 1 aromatic heterocycles. The van der Waals surface area contributed by atoms with E-state index in [1.807, 2.05) is 30.3 Å². The van der Waals surface area contributed by atoms with Crippen LogP contribution in [0, 0.1) is 0 Å². The highest BCUT2D eigenvalue weighted by Crippen LogP contribution is 2.46. The van der Waals surface area contributed by atoms with Crippen molar-refractivity contribution in [3.05, 3.63) is 95.9 Å². The first-order chi connectivity index (χ1) is 19.6. The third kappa shape index (κ3) is 9.73. The van der Waals surface area contributed by atoms with Crippen molar-refractivity contribution in [3.63, 3.8) is 0 Å². The third-order valence-electron chi connectivity index (χ3n) is 6.46. The fraction of sp³-hybridized carbons (Fsp3) is 0.310. The summed E-state index contributed by atoms with van der Waals surface area (Å²) in [5, 5.41) is 7.56. The van der Waals surface area contributed by atoms with Crippen molar-refractivity contribution in [3.8, 4) is 0 Å². The zero-order chi connectivity index (χ0) is 29.8. The normalized spacial score (nSPS) is 14.6. The number of amides is 4. The molecule has 0 saturated heterocycles. The van der Waals surface area contributed by atoms with E-state index < -0.39 is 55.0 Å². The van der Waals surface area contributed by atoms with Crippen LogP contribution in [0.15, 0.2) is 83.5 Å². The molecule has 2 unspecified atom stereocenters. The molecular formula is C29H35N4O7P. The standard InChI is InChI=1S/C29H35N4O7P/c1-2-22(28(36)32-23(27(30)35)16-15-20-10-5-3-6-11-20)31-25(34)19-41(38,39)26(18-21-12-7-4-8-13-21)33-29(37)24-14-9-17-40-24/h3-14,17,22-23,26H,2,15-16,18-19H2,1H3,(H2,30,35)(H,31,34)(H,32,36)(H,33,37)(H,38,39)/t22-,23?,26-/m0/s1. The monoisotopic (exact) mass is 582 g/mol. The Labute approximate surface area is 238 Å². The van der Waals surface area contributed by atoms with Gasteiger partial charge in [-0.3, -0.25) is 23.7 Å². The summed E-state index contributed by atoms with van der Waals surface area (Å²) in [6.07, 6.45) is 1.34. The number of rotatable bonds is 15. The number of carbonyl (C=O) groups excluding carboxylic acids is 4. The smallest absolute Gasteiger partial charge is 0.287 e. The maximum absolute atomic E-state index is 13.4.